The molecule has 1 aliphatic rings. The largest absolute Gasteiger partial charge is 0.352 e. The molecular formula is C31H34Cl3N3O4S. The van der Waals surface area contributed by atoms with Gasteiger partial charge in [-0.05, 0) is 80.8 Å². The van der Waals surface area contributed by atoms with Gasteiger partial charge in [0.15, 0.2) is 0 Å². The van der Waals surface area contributed by atoms with Gasteiger partial charge in [0.05, 0.1) is 20.6 Å². The molecule has 1 N–H and O–H groups in total. The van der Waals surface area contributed by atoms with E-state index in [-0.39, 0.29) is 23.4 Å². The zero-order valence-electron chi connectivity index (χ0n) is 23.5. The van der Waals surface area contributed by atoms with Crippen molar-refractivity contribution in [2.24, 2.45) is 0 Å². The number of benzene rings is 3. The Kier molecular flexibility index (Phi) is 10.8. The van der Waals surface area contributed by atoms with Crippen molar-refractivity contribution >= 4 is 62.3 Å². The second-order valence-corrected chi connectivity index (χ2v) is 13.7. The topological polar surface area (TPSA) is 86.8 Å². The summed E-state index contributed by atoms with van der Waals surface area (Å²) >= 11 is 18.4. The average Bonchev–Trinajstić information content (AvgIpc) is 2.97. The minimum atomic E-state index is -4.18. The number of nitrogens with zero attached hydrogens (tertiary/aromatic N) is 2. The number of aryl methyl sites for hydroxylation is 1. The summed E-state index contributed by atoms with van der Waals surface area (Å²) in [4.78, 5) is 28.9. The summed E-state index contributed by atoms with van der Waals surface area (Å²) < 4.78 is 28.9. The first-order valence-electron chi connectivity index (χ1n) is 13.8. The molecule has 0 bridgehead atoms. The minimum Gasteiger partial charge on any atom is -0.352 e. The number of rotatable bonds is 10. The smallest absolute Gasteiger partial charge is 0.264 e. The molecule has 0 aromatic heterocycles. The number of amides is 2. The van der Waals surface area contributed by atoms with Crippen molar-refractivity contribution in [2.75, 3.05) is 10.8 Å². The quantitative estimate of drug-likeness (QED) is 0.256. The zero-order valence-corrected chi connectivity index (χ0v) is 26.6. The van der Waals surface area contributed by atoms with E-state index >= 15 is 0 Å². The number of carbonyl (C=O) groups excluding carboxylic acids is 2. The molecule has 0 radical (unpaired) electrons. The summed E-state index contributed by atoms with van der Waals surface area (Å²) in [6.45, 7) is 3.03. The van der Waals surface area contributed by atoms with Crippen LogP contribution < -0.4 is 9.62 Å². The third-order valence-electron chi connectivity index (χ3n) is 7.46. The fourth-order valence-electron chi connectivity index (χ4n) is 4.96. The summed E-state index contributed by atoms with van der Waals surface area (Å²) in [5.74, 6) is -0.844. The first kappa shape index (κ1) is 32.1. The molecule has 1 aliphatic carbocycles. The van der Waals surface area contributed by atoms with E-state index in [2.05, 4.69) is 5.32 Å². The maximum atomic E-state index is 14.1. The van der Waals surface area contributed by atoms with Crippen LogP contribution in [0.2, 0.25) is 15.1 Å². The summed E-state index contributed by atoms with van der Waals surface area (Å²) in [5.41, 5.74) is 1.90. The van der Waals surface area contributed by atoms with E-state index in [4.69, 9.17) is 34.8 Å². The third-order valence-corrected chi connectivity index (χ3v) is 10.2. The highest BCUT2D eigenvalue weighted by molar-refractivity contribution is 7.92. The van der Waals surface area contributed by atoms with Crippen LogP contribution in [0.5, 0.6) is 0 Å². The molecule has 2 amide bonds. The molecule has 1 fully saturated rings. The van der Waals surface area contributed by atoms with E-state index in [9.17, 15) is 18.0 Å². The van der Waals surface area contributed by atoms with Crippen LogP contribution in [0.3, 0.4) is 0 Å². The molecule has 1 atom stereocenters. The van der Waals surface area contributed by atoms with Gasteiger partial charge in [0.2, 0.25) is 11.8 Å². The van der Waals surface area contributed by atoms with Crippen LogP contribution >= 0.6 is 34.8 Å². The molecule has 4 rings (SSSR count). The molecule has 3 aromatic rings. The van der Waals surface area contributed by atoms with Crippen molar-refractivity contribution in [3.63, 3.8) is 0 Å². The zero-order chi connectivity index (χ0) is 30.4. The molecule has 0 aliphatic heterocycles. The lowest BCUT2D eigenvalue weighted by Crippen LogP contribution is -2.53. The van der Waals surface area contributed by atoms with Crippen LogP contribution in [-0.4, -0.2) is 43.8 Å². The van der Waals surface area contributed by atoms with Crippen molar-refractivity contribution < 1.29 is 18.0 Å². The van der Waals surface area contributed by atoms with E-state index in [0.29, 0.717) is 26.3 Å². The van der Waals surface area contributed by atoms with Gasteiger partial charge in [0.25, 0.3) is 10.0 Å². The number of hydrogen-bond donors (Lipinski definition) is 1. The van der Waals surface area contributed by atoms with Gasteiger partial charge < -0.3 is 10.2 Å². The maximum Gasteiger partial charge on any atom is 0.264 e. The maximum absolute atomic E-state index is 14.1. The molecule has 11 heteroatoms. The third kappa shape index (κ3) is 7.98. The van der Waals surface area contributed by atoms with E-state index in [0.717, 1.165) is 42.0 Å². The van der Waals surface area contributed by atoms with Crippen LogP contribution in [0.1, 0.15) is 50.2 Å². The lowest BCUT2D eigenvalue weighted by Gasteiger charge is -2.33. The fourth-order valence-corrected chi connectivity index (χ4v) is 6.82. The number of halogens is 3. The lowest BCUT2D eigenvalue weighted by molar-refractivity contribution is -0.139. The van der Waals surface area contributed by atoms with Crippen molar-refractivity contribution in [3.8, 4) is 0 Å². The predicted molar refractivity (Wildman–Crippen MR) is 169 cm³/mol. The Bertz CT molecular complexity index is 1510. The number of anilines is 1. The SMILES string of the molecule is Cc1ccc(N(CC(=O)N(Cc2ccc(Cl)c(Cl)c2)C(C)C(=O)NC2CCCCC2)S(=O)(=O)c2ccc(Cl)cc2)cc1. The van der Waals surface area contributed by atoms with Gasteiger partial charge >= 0.3 is 0 Å². The molecular weight excluding hydrogens is 617 g/mol. The number of nitrogens with one attached hydrogen (secondary N) is 1. The van der Waals surface area contributed by atoms with Gasteiger partial charge in [-0.2, -0.15) is 0 Å². The van der Waals surface area contributed by atoms with Crippen LogP contribution in [-0.2, 0) is 26.2 Å². The summed E-state index contributed by atoms with van der Waals surface area (Å²) in [6.07, 6.45) is 5.00. The monoisotopic (exact) mass is 649 g/mol. The Morgan fingerprint density at radius 3 is 2.17 bits per heavy atom. The highest BCUT2D eigenvalue weighted by Gasteiger charge is 2.33. The number of sulfonamides is 1. The molecule has 0 spiro atoms. The average molecular weight is 651 g/mol. The summed E-state index contributed by atoms with van der Waals surface area (Å²) in [6, 6.07) is 16.8. The van der Waals surface area contributed by atoms with E-state index in [1.54, 1.807) is 49.4 Å². The lowest BCUT2D eigenvalue weighted by atomic mass is 9.95. The van der Waals surface area contributed by atoms with Gasteiger partial charge in [0, 0.05) is 17.6 Å². The van der Waals surface area contributed by atoms with Crippen molar-refractivity contribution in [2.45, 2.75) is 69.5 Å². The first-order chi connectivity index (χ1) is 20.0. The highest BCUT2D eigenvalue weighted by atomic mass is 35.5. The highest BCUT2D eigenvalue weighted by Crippen LogP contribution is 2.27. The Morgan fingerprint density at radius 1 is 0.905 bits per heavy atom. The van der Waals surface area contributed by atoms with E-state index in [1.165, 1.54) is 29.2 Å². The molecule has 7 nitrogen and oxygen atoms in total. The molecule has 3 aromatic carbocycles. The van der Waals surface area contributed by atoms with Crippen molar-refractivity contribution in [1.82, 2.24) is 10.2 Å². The van der Waals surface area contributed by atoms with E-state index in [1.807, 2.05) is 6.92 Å². The van der Waals surface area contributed by atoms with Gasteiger partial charge in [0.1, 0.15) is 12.6 Å². The van der Waals surface area contributed by atoms with Gasteiger partial charge in [-0.25, -0.2) is 8.42 Å². The second kappa shape index (κ2) is 14.1. The molecule has 1 unspecified atom stereocenters. The molecule has 1 saturated carbocycles. The fraction of sp³-hybridized carbons (Fsp3) is 0.355. The standard InChI is InChI=1S/C31H34Cl3N3O4S/c1-21-8-13-26(14-9-21)37(42(40,41)27-15-11-24(32)12-16-27)20-30(38)36(19-23-10-17-28(33)29(34)18-23)22(2)31(39)35-25-6-4-3-5-7-25/h8-18,22,25H,3-7,19-20H2,1-2H3,(H,35,39). The first-order valence-corrected chi connectivity index (χ1v) is 16.4. The van der Waals surface area contributed by atoms with Gasteiger partial charge in [-0.15, -0.1) is 0 Å². The predicted octanol–water partition coefficient (Wildman–Crippen LogP) is 7.02. The van der Waals surface area contributed by atoms with Crippen molar-refractivity contribution in [3.05, 3.63) is 92.9 Å². The minimum absolute atomic E-state index is 0.0144. The number of hydrogen-bond acceptors (Lipinski definition) is 4. The van der Waals surface area contributed by atoms with Crippen LogP contribution in [0.25, 0.3) is 0 Å². The Morgan fingerprint density at radius 2 is 1.55 bits per heavy atom. The second-order valence-electron chi connectivity index (χ2n) is 10.6. The Labute approximate surface area is 262 Å². The van der Waals surface area contributed by atoms with Crippen LogP contribution in [0.15, 0.2) is 71.6 Å². The molecule has 42 heavy (non-hydrogen) atoms. The normalized spacial score (nSPS) is 14.7. The molecule has 224 valence electrons. The molecule has 0 saturated heterocycles. The van der Waals surface area contributed by atoms with Crippen LogP contribution in [0, 0.1) is 6.92 Å². The van der Waals surface area contributed by atoms with Gasteiger partial charge in [-0.1, -0.05) is 77.8 Å². The summed E-state index contributed by atoms with van der Waals surface area (Å²) in [7, 11) is -4.18. The summed E-state index contributed by atoms with van der Waals surface area (Å²) in [5, 5.41) is 4.15. The number of carbonyl (C=O) groups is 2. The van der Waals surface area contributed by atoms with Crippen molar-refractivity contribution in [1.29, 1.82) is 0 Å². The molecule has 0 heterocycles. The van der Waals surface area contributed by atoms with Crippen LogP contribution in [0.4, 0.5) is 5.69 Å². The van der Waals surface area contributed by atoms with Gasteiger partial charge in [-0.3, -0.25) is 13.9 Å². The van der Waals surface area contributed by atoms with E-state index < -0.39 is 28.5 Å². The Hall–Kier alpha value is -2.78. The Balaban J connectivity index is 1.68.